The van der Waals surface area contributed by atoms with Crippen LogP contribution in [0.1, 0.15) is 43.8 Å². The summed E-state index contributed by atoms with van der Waals surface area (Å²) < 4.78 is 1.81. The van der Waals surface area contributed by atoms with Crippen LogP contribution in [0.15, 0.2) is 0 Å². The van der Waals surface area contributed by atoms with Gasteiger partial charge in [-0.15, -0.1) is 5.10 Å². The summed E-state index contributed by atoms with van der Waals surface area (Å²) in [6.07, 6.45) is 4.07. The van der Waals surface area contributed by atoms with E-state index in [9.17, 15) is 4.79 Å². The molecule has 1 heterocycles. The number of nitrogens with zero attached hydrogens (tertiary/aromatic N) is 4. The SMILES string of the molecule is O=C(O)CCCCn1nnnc1C1CC1. The van der Waals surface area contributed by atoms with Crippen LogP contribution in [-0.2, 0) is 11.3 Å². The van der Waals surface area contributed by atoms with E-state index in [1.165, 1.54) is 12.8 Å². The molecule has 15 heavy (non-hydrogen) atoms. The maximum absolute atomic E-state index is 10.3. The standard InChI is InChI=1S/C9H14N4O2/c14-8(15)3-1-2-6-13-9(7-4-5-7)10-11-12-13/h7H,1-6H2,(H,14,15). The van der Waals surface area contributed by atoms with Crippen LogP contribution in [0.5, 0.6) is 0 Å². The van der Waals surface area contributed by atoms with Gasteiger partial charge in [-0.2, -0.15) is 0 Å². The predicted octanol–water partition coefficient (Wildman–Crippen LogP) is 0.805. The average Bonchev–Trinajstić information content (AvgIpc) is 2.93. The molecule has 0 saturated heterocycles. The molecule has 1 aliphatic carbocycles. The molecule has 0 unspecified atom stereocenters. The third-order valence-electron chi connectivity index (χ3n) is 2.51. The van der Waals surface area contributed by atoms with Crippen molar-refractivity contribution in [1.29, 1.82) is 0 Å². The van der Waals surface area contributed by atoms with Crippen molar-refractivity contribution in [3.63, 3.8) is 0 Å². The van der Waals surface area contributed by atoms with Gasteiger partial charge in [-0.05, 0) is 36.1 Å². The number of carboxylic acids is 1. The van der Waals surface area contributed by atoms with E-state index in [0.717, 1.165) is 18.8 Å². The number of carbonyl (C=O) groups is 1. The number of aryl methyl sites for hydroxylation is 1. The minimum Gasteiger partial charge on any atom is -0.481 e. The number of hydrogen-bond acceptors (Lipinski definition) is 4. The van der Waals surface area contributed by atoms with Gasteiger partial charge in [0, 0.05) is 18.9 Å². The lowest BCUT2D eigenvalue weighted by atomic mass is 10.2. The van der Waals surface area contributed by atoms with Crippen molar-refractivity contribution in [3.8, 4) is 0 Å². The lowest BCUT2D eigenvalue weighted by molar-refractivity contribution is -0.137. The molecule has 82 valence electrons. The van der Waals surface area contributed by atoms with Crippen molar-refractivity contribution in [2.75, 3.05) is 0 Å². The molecule has 0 amide bonds. The number of carboxylic acid groups (broad SMARTS) is 1. The van der Waals surface area contributed by atoms with Gasteiger partial charge in [-0.1, -0.05) is 0 Å². The molecule has 1 fully saturated rings. The average molecular weight is 210 g/mol. The van der Waals surface area contributed by atoms with Gasteiger partial charge in [0.2, 0.25) is 0 Å². The molecule has 2 rings (SSSR count). The van der Waals surface area contributed by atoms with Crippen molar-refractivity contribution in [2.24, 2.45) is 0 Å². The van der Waals surface area contributed by atoms with Crippen LogP contribution in [0.25, 0.3) is 0 Å². The minimum atomic E-state index is -0.742. The number of hydrogen-bond donors (Lipinski definition) is 1. The topological polar surface area (TPSA) is 80.9 Å². The second kappa shape index (κ2) is 4.37. The normalized spacial score (nSPS) is 15.5. The van der Waals surface area contributed by atoms with Crippen molar-refractivity contribution in [3.05, 3.63) is 5.82 Å². The zero-order chi connectivity index (χ0) is 10.7. The van der Waals surface area contributed by atoms with E-state index in [0.29, 0.717) is 12.3 Å². The fraction of sp³-hybridized carbons (Fsp3) is 0.778. The number of aliphatic carboxylic acids is 1. The van der Waals surface area contributed by atoms with E-state index >= 15 is 0 Å². The first-order valence-electron chi connectivity index (χ1n) is 5.25. The van der Waals surface area contributed by atoms with E-state index in [1.807, 2.05) is 0 Å². The summed E-state index contributed by atoms with van der Waals surface area (Å²) in [5.74, 6) is 0.763. The number of tetrazole rings is 1. The second-order valence-corrected chi connectivity index (χ2v) is 3.89. The molecule has 0 bridgehead atoms. The van der Waals surface area contributed by atoms with Crippen LogP contribution in [0, 0.1) is 0 Å². The number of unbranched alkanes of at least 4 members (excludes halogenated alkanes) is 1. The molecule has 1 aromatic rings. The molecule has 0 spiro atoms. The Morgan fingerprint density at radius 1 is 1.47 bits per heavy atom. The van der Waals surface area contributed by atoms with Gasteiger partial charge in [-0.3, -0.25) is 4.79 Å². The largest absolute Gasteiger partial charge is 0.481 e. The third kappa shape index (κ3) is 2.74. The van der Waals surface area contributed by atoms with E-state index in [-0.39, 0.29) is 6.42 Å². The van der Waals surface area contributed by atoms with E-state index < -0.39 is 5.97 Å². The summed E-state index contributed by atoms with van der Waals surface area (Å²) in [5.41, 5.74) is 0. The highest BCUT2D eigenvalue weighted by Gasteiger charge is 2.29. The Morgan fingerprint density at radius 3 is 2.93 bits per heavy atom. The zero-order valence-electron chi connectivity index (χ0n) is 8.46. The van der Waals surface area contributed by atoms with Crippen LogP contribution < -0.4 is 0 Å². The maximum atomic E-state index is 10.3. The molecule has 6 nitrogen and oxygen atoms in total. The zero-order valence-corrected chi connectivity index (χ0v) is 8.46. The number of aromatic nitrogens is 4. The fourth-order valence-electron chi connectivity index (χ4n) is 1.54. The molecule has 0 atom stereocenters. The first-order chi connectivity index (χ1) is 7.27. The Balaban J connectivity index is 1.77. The lowest BCUT2D eigenvalue weighted by Gasteiger charge is -2.01. The van der Waals surface area contributed by atoms with Crippen molar-refractivity contribution >= 4 is 5.97 Å². The Labute approximate surface area is 87.3 Å². The highest BCUT2D eigenvalue weighted by atomic mass is 16.4. The highest BCUT2D eigenvalue weighted by Crippen LogP contribution is 2.38. The van der Waals surface area contributed by atoms with Gasteiger partial charge >= 0.3 is 5.97 Å². The van der Waals surface area contributed by atoms with Gasteiger partial charge in [-0.25, -0.2) is 4.68 Å². The molecular weight excluding hydrogens is 196 g/mol. The molecule has 0 radical (unpaired) electrons. The van der Waals surface area contributed by atoms with Gasteiger partial charge in [0.05, 0.1) is 0 Å². The van der Waals surface area contributed by atoms with Crippen LogP contribution in [0.4, 0.5) is 0 Å². The maximum Gasteiger partial charge on any atom is 0.303 e. The van der Waals surface area contributed by atoms with Gasteiger partial charge in [0.25, 0.3) is 0 Å². The summed E-state index contributed by atoms with van der Waals surface area (Å²) in [7, 11) is 0. The Kier molecular flexibility index (Phi) is 2.94. The second-order valence-electron chi connectivity index (χ2n) is 3.89. The summed E-state index contributed by atoms with van der Waals surface area (Å²) >= 11 is 0. The molecule has 1 aromatic heterocycles. The molecule has 6 heteroatoms. The summed E-state index contributed by atoms with van der Waals surface area (Å²) in [4.78, 5) is 10.3. The van der Waals surface area contributed by atoms with Crippen molar-refractivity contribution in [1.82, 2.24) is 20.2 Å². The van der Waals surface area contributed by atoms with Crippen LogP contribution >= 0.6 is 0 Å². The Hall–Kier alpha value is -1.46. The number of rotatable bonds is 6. The molecule has 0 aromatic carbocycles. The van der Waals surface area contributed by atoms with Crippen molar-refractivity contribution < 1.29 is 9.90 Å². The first-order valence-corrected chi connectivity index (χ1v) is 5.25. The smallest absolute Gasteiger partial charge is 0.303 e. The third-order valence-corrected chi connectivity index (χ3v) is 2.51. The molecular formula is C9H14N4O2. The van der Waals surface area contributed by atoms with Crippen LogP contribution in [0.3, 0.4) is 0 Å². The molecule has 1 N–H and O–H groups in total. The lowest BCUT2D eigenvalue weighted by Crippen LogP contribution is -2.06. The monoisotopic (exact) mass is 210 g/mol. The summed E-state index contributed by atoms with van der Waals surface area (Å²) in [6, 6.07) is 0. The van der Waals surface area contributed by atoms with Gasteiger partial charge < -0.3 is 5.11 Å². The van der Waals surface area contributed by atoms with Gasteiger partial charge in [0.1, 0.15) is 0 Å². The molecule has 1 saturated carbocycles. The van der Waals surface area contributed by atoms with Crippen molar-refractivity contribution in [2.45, 2.75) is 44.6 Å². The summed E-state index contributed by atoms with van der Waals surface area (Å²) in [6.45, 7) is 0.728. The van der Waals surface area contributed by atoms with Crippen LogP contribution in [-0.4, -0.2) is 31.3 Å². The Bertz CT molecular complexity index is 346. The molecule has 1 aliphatic rings. The predicted molar refractivity (Wildman–Crippen MR) is 51.3 cm³/mol. The van der Waals surface area contributed by atoms with E-state index in [2.05, 4.69) is 15.5 Å². The minimum absolute atomic E-state index is 0.223. The summed E-state index contributed by atoms with van der Waals surface area (Å²) in [5, 5.41) is 20.0. The van der Waals surface area contributed by atoms with Gasteiger partial charge in [0.15, 0.2) is 5.82 Å². The quantitative estimate of drug-likeness (QED) is 0.702. The van der Waals surface area contributed by atoms with E-state index in [1.54, 1.807) is 4.68 Å². The van der Waals surface area contributed by atoms with E-state index in [4.69, 9.17) is 5.11 Å². The molecule has 0 aliphatic heterocycles. The highest BCUT2D eigenvalue weighted by molar-refractivity contribution is 5.66. The first kappa shape index (κ1) is 10.1. The Morgan fingerprint density at radius 2 is 2.27 bits per heavy atom. The van der Waals surface area contributed by atoms with Crippen LogP contribution in [0.2, 0.25) is 0 Å². The fourth-order valence-corrected chi connectivity index (χ4v) is 1.54.